The van der Waals surface area contributed by atoms with Gasteiger partial charge in [0.1, 0.15) is 13.2 Å². The van der Waals surface area contributed by atoms with Crippen molar-refractivity contribution in [2.45, 2.75) is 66.2 Å². The molecule has 0 aromatic rings. The van der Waals surface area contributed by atoms with Crippen molar-refractivity contribution in [3.05, 3.63) is 0 Å². The lowest BCUT2D eigenvalue weighted by Crippen LogP contribution is -2.20. The van der Waals surface area contributed by atoms with Crippen LogP contribution in [-0.4, -0.2) is 64.5 Å². The molecule has 4 unspecified atom stereocenters. The Morgan fingerprint density at radius 3 is 1.12 bits per heavy atom. The number of methoxy groups -OCH3 is 2. The second-order valence-electron chi connectivity index (χ2n) is 8.46. The second kappa shape index (κ2) is 18.3. The molecule has 9 nitrogen and oxygen atoms in total. The summed E-state index contributed by atoms with van der Waals surface area (Å²) in [6.07, 6.45) is 4.07. The molecular formula is C24H42O9. The van der Waals surface area contributed by atoms with Crippen LogP contribution in [0.2, 0.25) is 0 Å². The van der Waals surface area contributed by atoms with Gasteiger partial charge >= 0.3 is 23.9 Å². The predicted molar refractivity (Wildman–Crippen MR) is 121 cm³/mol. The topological polar surface area (TPSA) is 114 Å². The largest absolute Gasteiger partial charge is 0.469 e. The van der Waals surface area contributed by atoms with E-state index in [4.69, 9.17) is 14.2 Å². The molecule has 0 saturated heterocycles. The summed E-state index contributed by atoms with van der Waals surface area (Å²) in [6, 6.07) is 0. The molecule has 0 aromatic heterocycles. The molecule has 0 heterocycles. The van der Waals surface area contributed by atoms with Gasteiger partial charge in [0, 0.05) is 0 Å². The van der Waals surface area contributed by atoms with Crippen molar-refractivity contribution in [3.63, 3.8) is 0 Å². The lowest BCUT2D eigenvalue weighted by atomic mass is 9.99. The van der Waals surface area contributed by atoms with Crippen LogP contribution < -0.4 is 0 Å². The summed E-state index contributed by atoms with van der Waals surface area (Å²) in [5, 5.41) is 0. The Hall–Kier alpha value is -2.16. The van der Waals surface area contributed by atoms with E-state index in [1.54, 1.807) is 27.7 Å². The Labute approximate surface area is 197 Å². The third kappa shape index (κ3) is 14.6. The molecule has 33 heavy (non-hydrogen) atoms. The third-order valence-corrected chi connectivity index (χ3v) is 5.50. The third-order valence-electron chi connectivity index (χ3n) is 5.50. The molecule has 0 aliphatic heterocycles. The Bertz CT molecular complexity index is 540. The molecule has 0 aromatic carbocycles. The normalized spacial score (nSPS) is 14.5. The van der Waals surface area contributed by atoms with Crippen LogP contribution in [-0.2, 0) is 42.9 Å². The van der Waals surface area contributed by atoms with E-state index >= 15 is 0 Å². The first kappa shape index (κ1) is 30.8. The van der Waals surface area contributed by atoms with Crippen LogP contribution >= 0.6 is 0 Å². The highest BCUT2D eigenvalue weighted by molar-refractivity contribution is 5.73. The summed E-state index contributed by atoms with van der Waals surface area (Å²) in [4.78, 5) is 46.7. The fraction of sp³-hybridized carbons (Fsp3) is 0.833. The average molecular weight is 475 g/mol. The summed E-state index contributed by atoms with van der Waals surface area (Å²) in [5.41, 5.74) is 0. The van der Waals surface area contributed by atoms with Crippen LogP contribution in [0.15, 0.2) is 0 Å². The van der Waals surface area contributed by atoms with Gasteiger partial charge in [0.05, 0.1) is 51.1 Å². The second-order valence-corrected chi connectivity index (χ2v) is 8.46. The molecule has 0 saturated carbocycles. The number of esters is 4. The van der Waals surface area contributed by atoms with Gasteiger partial charge in [0.15, 0.2) is 0 Å². The van der Waals surface area contributed by atoms with E-state index in [1.807, 2.05) is 0 Å². The number of hydrogen-bond donors (Lipinski definition) is 0. The van der Waals surface area contributed by atoms with E-state index in [2.05, 4.69) is 9.47 Å². The number of carbonyl (C=O) groups is 4. The van der Waals surface area contributed by atoms with Gasteiger partial charge in [-0.15, -0.1) is 0 Å². The molecule has 192 valence electrons. The average Bonchev–Trinajstić information content (AvgIpc) is 2.81. The number of rotatable bonds is 18. The zero-order valence-corrected chi connectivity index (χ0v) is 21.1. The monoisotopic (exact) mass is 474 g/mol. The maximum absolute atomic E-state index is 12.0. The van der Waals surface area contributed by atoms with Crippen LogP contribution in [0.25, 0.3) is 0 Å². The van der Waals surface area contributed by atoms with Crippen molar-refractivity contribution in [2.75, 3.05) is 40.6 Å². The van der Waals surface area contributed by atoms with Gasteiger partial charge in [-0.25, -0.2) is 0 Å². The van der Waals surface area contributed by atoms with Crippen molar-refractivity contribution in [1.82, 2.24) is 0 Å². The molecule has 0 bridgehead atoms. The molecule has 9 heteroatoms. The SMILES string of the molecule is COC(=O)C(C)CCCC(C)C(=O)OCCOCCOC(=O)C(C)CCCC(C)C(=O)OC. The fourth-order valence-electron chi connectivity index (χ4n) is 3.12. The van der Waals surface area contributed by atoms with Gasteiger partial charge in [0.25, 0.3) is 0 Å². The molecule has 4 atom stereocenters. The van der Waals surface area contributed by atoms with Crippen molar-refractivity contribution < 1.29 is 42.9 Å². The molecule has 0 spiro atoms. The molecule has 0 aliphatic carbocycles. The number of ether oxygens (including phenoxy) is 5. The zero-order valence-electron chi connectivity index (χ0n) is 21.1. The lowest BCUT2D eigenvalue weighted by Gasteiger charge is -2.14. The quantitative estimate of drug-likeness (QED) is 0.168. The van der Waals surface area contributed by atoms with E-state index in [0.717, 1.165) is 12.8 Å². The van der Waals surface area contributed by atoms with E-state index in [-0.39, 0.29) is 74.0 Å². The van der Waals surface area contributed by atoms with Crippen LogP contribution in [0.4, 0.5) is 0 Å². The maximum Gasteiger partial charge on any atom is 0.308 e. The first-order chi connectivity index (χ1) is 15.6. The minimum atomic E-state index is -0.300. The molecule has 0 rings (SSSR count). The smallest absolute Gasteiger partial charge is 0.308 e. The van der Waals surface area contributed by atoms with Gasteiger partial charge in [-0.05, 0) is 25.7 Å². The predicted octanol–water partition coefficient (Wildman–Crippen LogP) is 3.32. The van der Waals surface area contributed by atoms with Crippen LogP contribution in [0.3, 0.4) is 0 Å². The van der Waals surface area contributed by atoms with Crippen LogP contribution in [0.1, 0.15) is 66.2 Å². The van der Waals surface area contributed by atoms with Crippen molar-refractivity contribution in [3.8, 4) is 0 Å². The minimum Gasteiger partial charge on any atom is -0.469 e. The maximum atomic E-state index is 12.0. The first-order valence-corrected chi connectivity index (χ1v) is 11.7. The standard InChI is InChI=1S/C24H42O9/c1-17(21(25)29-5)9-7-11-19(3)23(27)32-15-13-31-14-16-33-24(28)20(4)12-8-10-18(2)22(26)30-6/h17-20H,7-16H2,1-6H3. The van der Waals surface area contributed by atoms with Crippen LogP contribution in [0.5, 0.6) is 0 Å². The molecule has 0 radical (unpaired) electrons. The highest BCUT2D eigenvalue weighted by atomic mass is 16.6. The van der Waals surface area contributed by atoms with Gasteiger partial charge in [-0.1, -0.05) is 40.5 Å². The molecular weight excluding hydrogens is 432 g/mol. The molecule has 0 fully saturated rings. The summed E-state index contributed by atoms with van der Waals surface area (Å²) in [7, 11) is 2.73. The van der Waals surface area contributed by atoms with Crippen molar-refractivity contribution >= 4 is 23.9 Å². The van der Waals surface area contributed by atoms with E-state index in [1.165, 1.54) is 14.2 Å². The minimum absolute atomic E-state index is 0.129. The molecule has 0 aliphatic rings. The summed E-state index contributed by atoms with van der Waals surface area (Å²) >= 11 is 0. The summed E-state index contributed by atoms with van der Waals surface area (Å²) < 4.78 is 25.1. The Morgan fingerprint density at radius 1 is 0.515 bits per heavy atom. The van der Waals surface area contributed by atoms with Gasteiger partial charge in [-0.3, -0.25) is 19.2 Å². The van der Waals surface area contributed by atoms with E-state index in [9.17, 15) is 19.2 Å². The first-order valence-electron chi connectivity index (χ1n) is 11.7. The summed E-state index contributed by atoms with van der Waals surface area (Å²) in [6.45, 7) is 7.89. The van der Waals surface area contributed by atoms with Crippen molar-refractivity contribution in [2.24, 2.45) is 23.7 Å². The number of hydrogen-bond acceptors (Lipinski definition) is 9. The Morgan fingerprint density at radius 2 is 0.818 bits per heavy atom. The number of carbonyl (C=O) groups excluding carboxylic acids is 4. The molecule has 0 amide bonds. The lowest BCUT2D eigenvalue weighted by molar-refractivity contribution is -0.151. The van der Waals surface area contributed by atoms with E-state index in [0.29, 0.717) is 25.7 Å². The van der Waals surface area contributed by atoms with Gasteiger partial charge < -0.3 is 23.7 Å². The zero-order chi connectivity index (χ0) is 25.2. The van der Waals surface area contributed by atoms with Gasteiger partial charge in [-0.2, -0.15) is 0 Å². The summed E-state index contributed by atoms with van der Waals surface area (Å²) in [5.74, 6) is -1.96. The Kier molecular flexibility index (Phi) is 17.1. The molecule has 0 N–H and O–H groups in total. The van der Waals surface area contributed by atoms with E-state index < -0.39 is 0 Å². The highest BCUT2D eigenvalue weighted by Crippen LogP contribution is 2.16. The van der Waals surface area contributed by atoms with Crippen LogP contribution in [0, 0.1) is 23.7 Å². The van der Waals surface area contributed by atoms with Crippen molar-refractivity contribution in [1.29, 1.82) is 0 Å². The fourth-order valence-corrected chi connectivity index (χ4v) is 3.12. The van der Waals surface area contributed by atoms with Gasteiger partial charge in [0.2, 0.25) is 0 Å². The highest BCUT2D eigenvalue weighted by Gasteiger charge is 2.18. The Balaban J connectivity index is 3.76.